The van der Waals surface area contributed by atoms with Crippen LogP contribution in [0.25, 0.3) is 191 Å². The minimum Gasteiger partial charge on any atom is -0.481 e. The summed E-state index contributed by atoms with van der Waals surface area (Å²) in [6.45, 7) is 1.08. The van der Waals surface area contributed by atoms with Gasteiger partial charge in [0.05, 0.1) is 11.0 Å². The lowest BCUT2D eigenvalue weighted by atomic mass is 9.84. The Hall–Kier alpha value is -16.0. The molecule has 1 aliphatic rings. The lowest BCUT2D eigenvalue weighted by molar-refractivity contribution is -0.134. The number of aliphatic carboxylic acids is 1. The van der Waals surface area contributed by atoms with Crippen LogP contribution in [0, 0.1) is 0 Å². The van der Waals surface area contributed by atoms with Gasteiger partial charge in [-0.3, -0.25) is 23.7 Å². The second kappa shape index (κ2) is 34.9. The second-order valence-corrected chi connectivity index (χ2v) is 30.1. The fourth-order valence-corrected chi connectivity index (χ4v) is 17.5. The number of nitrogen functional groups attached to an aromatic ring is 1. The minimum atomic E-state index is -0.833. The Balaban J connectivity index is 0.000000139. The van der Waals surface area contributed by atoms with Gasteiger partial charge in [0.15, 0.2) is 0 Å². The monoisotopic (exact) mass is 1590 g/mol. The molecule has 0 saturated carbocycles. The van der Waals surface area contributed by atoms with E-state index >= 15 is 0 Å². The zero-order valence-electron chi connectivity index (χ0n) is 66.7. The van der Waals surface area contributed by atoms with Crippen LogP contribution in [0.2, 0.25) is 0 Å². The van der Waals surface area contributed by atoms with E-state index in [-0.39, 0.29) is 22.0 Å². The van der Waals surface area contributed by atoms with Crippen LogP contribution in [0.5, 0.6) is 0 Å². The van der Waals surface area contributed by atoms with Gasteiger partial charge in [0.25, 0.3) is 5.97 Å². The summed E-state index contributed by atoms with van der Waals surface area (Å²) in [6, 6.07) is 144. The van der Waals surface area contributed by atoms with E-state index in [2.05, 4.69) is 332 Å². The number of benzene rings is 21. The highest BCUT2D eigenvalue weighted by Gasteiger charge is 2.30. The van der Waals surface area contributed by atoms with E-state index in [1.165, 1.54) is 141 Å². The molecule has 21 aromatic carbocycles. The summed E-state index contributed by atoms with van der Waals surface area (Å²) in [4.78, 5) is 49.1. The van der Waals surface area contributed by atoms with E-state index in [4.69, 9.17) is 20.6 Å². The van der Waals surface area contributed by atoms with E-state index < -0.39 is 17.5 Å². The number of aldehydes is 1. The Labute approximate surface area is 714 Å². The minimum absolute atomic E-state index is 0. The predicted octanol–water partition coefficient (Wildman–Crippen LogP) is 28.9. The molecule has 9 nitrogen and oxygen atoms in total. The zero-order chi connectivity index (χ0) is 81.3. The second-order valence-electron chi connectivity index (χ2n) is 30.1. The van der Waals surface area contributed by atoms with Crippen LogP contribution >= 0.6 is 0 Å². The third-order valence-corrected chi connectivity index (χ3v) is 22.8. The van der Waals surface area contributed by atoms with Crippen molar-refractivity contribution in [3.05, 3.63) is 429 Å². The molecular weight excluding hydrogens is 1500 g/mol. The number of carbonyl (C=O) groups is 4. The first kappa shape index (κ1) is 80.8. The molecule has 1 aromatic heterocycles. The van der Waals surface area contributed by atoms with Gasteiger partial charge in [-0.15, -0.1) is 0 Å². The Bertz CT molecular complexity index is 7560. The Morgan fingerprint density at radius 3 is 0.862 bits per heavy atom. The lowest BCUT2D eigenvalue weighted by Crippen LogP contribution is -2.20. The van der Waals surface area contributed by atoms with Crippen molar-refractivity contribution >= 4 is 157 Å². The molecule has 6 N–H and O–H groups in total. The van der Waals surface area contributed by atoms with E-state index in [9.17, 15) is 14.4 Å². The van der Waals surface area contributed by atoms with E-state index in [1.54, 1.807) is 24.3 Å². The molecule has 0 spiro atoms. The number of carbonyl (C=O) groups excluding carboxylic acids is 3. The molecule has 22 aromatic rings. The summed E-state index contributed by atoms with van der Waals surface area (Å²) in [5.41, 5.74) is 24.1. The number of fused-ring (bicyclic) bond motifs is 17. The van der Waals surface area contributed by atoms with Crippen molar-refractivity contribution in [3.63, 3.8) is 0 Å². The van der Waals surface area contributed by atoms with E-state index in [0.717, 1.165) is 69.1 Å². The highest BCUT2D eigenvalue weighted by molar-refractivity contribution is 6.53. The normalized spacial score (nSPS) is 11.3. The number of imidazole rings is 1. The molecule has 23 rings (SSSR count). The SMILES string of the molecule is C.CC(=O)O.N.Nc1ccc(-c2c3ccccc3cc3ccccc23)cc1.O=C1C(=O)c2ccccc2-c2ccccc21.O=Cc1ccc(-c2c3ccccc3cc3ccccc23)cc1.[B].c1ccc2c(-c3ccc(-c4nc5c6ccccc6c6ccccc6c5n4-c4ccc(-c5c6ccccc6cc6ccccc56)cc4)cc3)c3ccccc3cc2c1. The molecule has 587 valence electrons. The fraction of sp³-hybridized carbons (Fsp3) is 0.0177. The molecule has 10 heteroatoms. The van der Waals surface area contributed by atoms with Gasteiger partial charge in [-0.25, -0.2) is 4.98 Å². The van der Waals surface area contributed by atoms with Crippen LogP contribution in [0.1, 0.15) is 45.4 Å². The Morgan fingerprint density at radius 2 is 0.545 bits per heavy atom. The van der Waals surface area contributed by atoms with Crippen molar-refractivity contribution in [1.82, 2.24) is 15.7 Å². The highest BCUT2D eigenvalue weighted by Crippen LogP contribution is 2.45. The molecular formula is C113H82BN4O5. The molecule has 0 unspecified atom stereocenters. The smallest absolute Gasteiger partial charge is 0.300 e. The average molecular weight is 1590 g/mol. The standard InChI is InChI=1S/C55H34N2.C21H14O.C20H15N.C14H8O2.C2H4O2.CH4.B.H3N/c1-5-17-43-38(13-1)33-39-14-2-6-18-44(39)51(43)35-25-27-37(28-26-35)55-56-53-49-23-11-9-21-47(49)48-22-10-12-24-50(48)54(53)57(55)42-31-29-36(30-32-42)52-45-19-7-3-15-40(45)34-41-16-4-8-20-46(41)52;22-14-15-9-11-16(12-10-15)21-19-7-3-1-5-17(19)13-18-6-2-4-8-20(18)21;21-17-11-9-14(10-12-17)20-18-7-3-1-5-15(18)13-16-6-2-4-8-19(16)20;15-13-11-7-3-1-5-9(11)10-6-2-4-8-12(10)14(13)16;1-2(3)4;;;/h1-34H;1-14H;1-13H,21H2;1-8H;1H3,(H,3,4);1H4;;1H3. The summed E-state index contributed by atoms with van der Waals surface area (Å²) < 4.78 is 2.39. The number of hydrogen-bond acceptors (Lipinski definition) is 7. The summed E-state index contributed by atoms with van der Waals surface area (Å²) in [5, 5.41) is 32.2. The first-order valence-corrected chi connectivity index (χ1v) is 40.0. The Morgan fingerprint density at radius 1 is 0.309 bits per heavy atom. The van der Waals surface area contributed by atoms with Crippen LogP contribution < -0.4 is 11.9 Å². The summed E-state index contributed by atoms with van der Waals surface area (Å²) >= 11 is 0. The number of nitrogens with zero attached hydrogens (tertiary/aromatic N) is 2. The van der Waals surface area contributed by atoms with Crippen LogP contribution in [-0.4, -0.2) is 46.9 Å². The topological polar surface area (TPSA) is 167 Å². The highest BCUT2D eigenvalue weighted by atomic mass is 16.4. The largest absolute Gasteiger partial charge is 0.481 e. The van der Waals surface area contributed by atoms with Gasteiger partial charge in [-0.1, -0.05) is 371 Å². The third-order valence-electron chi connectivity index (χ3n) is 22.8. The van der Waals surface area contributed by atoms with Crippen molar-refractivity contribution in [1.29, 1.82) is 0 Å². The molecule has 1 heterocycles. The van der Waals surface area contributed by atoms with Crippen LogP contribution in [0.15, 0.2) is 413 Å². The molecule has 0 saturated heterocycles. The number of ketones is 2. The number of anilines is 1. The van der Waals surface area contributed by atoms with E-state index in [0.29, 0.717) is 16.7 Å². The predicted molar refractivity (Wildman–Crippen MR) is 517 cm³/mol. The van der Waals surface area contributed by atoms with Crippen LogP contribution in [0.3, 0.4) is 0 Å². The average Bonchev–Trinajstić information content (AvgIpc) is 1.57. The number of aromatic nitrogens is 2. The third kappa shape index (κ3) is 15.3. The van der Waals surface area contributed by atoms with Gasteiger partial charge in [0, 0.05) is 59.7 Å². The van der Waals surface area contributed by atoms with Gasteiger partial charge in [0.1, 0.15) is 12.1 Å². The summed E-state index contributed by atoms with van der Waals surface area (Å²) in [6.07, 6.45) is 0.880. The van der Waals surface area contributed by atoms with Gasteiger partial charge in [-0.2, -0.15) is 0 Å². The summed E-state index contributed by atoms with van der Waals surface area (Å²) in [5.74, 6) is -0.729. The maximum atomic E-state index is 11.8. The van der Waals surface area contributed by atoms with Crippen molar-refractivity contribution in [2.24, 2.45) is 0 Å². The molecule has 0 atom stereocenters. The molecule has 0 amide bonds. The lowest BCUT2D eigenvalue weighted by Gasteiger charge is -2.16. The molecule has 0 fully saturated rings. The fourth-order valence-electron chi connectivity index (χ4n) is 17.5. The quantitative estimate of drug-likeness (QED) is 0.0354. The van der Waals surface area contributed by atoms with Gasteiger partial charge < -0.3 is 17.0 Å². The van der Waals surface area contributed by atoms with E-state index in [1.807, 2.05) is 60.7 Å². The van der Waals surface area contributed by atoms with Crippen molar-refractivity contribution < 1.29 is 24.3 Å². The van der Waals surface area contributed by atoms with Gasteiger partial charge in [-0.05, 0) is 201 Å². The number of carboxylic acids is 1. The van der Waals surface area contributed by atoms with Crippen molar-refractivity contribution in [2.45, 2.75) is 14.4 Å². The van der Waals surface area contributed by atoms with Crippen molar-refractivity contribution in [2.75, 3.05) is 5.73 Å². The number of hydrogen-bond donors (Lipinski definition) is 3. The Kier molecular flexibility index (Phi) is 22.9. The number of nitrogens with two attached hydrogens (primary N) is 1. The maximum Gasteiger partial charge on any atom is 0.300 e. The van der Waals surface area contributed by atoms with Crippen molar-refractivity contribution in [3.8, 4) is 72.7 Å². The number of carboxylic acid groups (broad SMARTS) is 1. The van der Waals surface area contributed by atoms with Crippen LogP contribution in [-0.2, 0) is 4.79 Å². The molecule has 1 aliphatic carbocycles. The zero-order valence-corrected chi connectivity index (χ0v) is 66.7. The van der Waals surface area contributed by atoms with Crippen LogP contribution in [0.4, 0.5) is 5.69 Å². The first-order valence-electron chi connectivity index (χ1n) is 40.0. The molecule has 123 heavy (non-hydrogen) atoms. The number of rotatable bonds is 7. The molecule has 0 bridgehead atoms. The molecule has 0 aliphatic heterocycles. The first-order chi connectivity index (χ1) is 59.0. The maximum absolute atomic E-state index is 11.8. The molecule has 3 radical (unpaired) electrons. The van der Waals surface area contributed by atoms with Gasteiger partial charge in [0.2, 0.25) is 11.6 Å². The van der Waals surface area contributed by atoms with Gasteiger partial charge >= 0.3 is 0 Å². The number of Topliss-reactive ketones (excluding diaryl/α,β-unsaturated/α-hetero) is 2. The summed E-state index contributed by atoms with van der Waals surface area (Å²) in [7, 11) is 0.